The maximum Gasteiger partial charge on any atom is 0.129 e. The van der Waals surface area contributed by atoms with Crippen molar-refractivity contribution in [2.75, 3.05) is 6.54 Å². The highest BCUT2D eigenvalue weighted by Gasteiger charge is 2.20. The molecule has 14 heavy (non-hydrogen) atoms. The maximum atomic E-state index is 9.37. The molecule has 0 fully saturated rings. The van der Waals surface area contributed by atoms with Crippen molar-refractivity contribution in [3.8, 4) is 5.75 Å². The number of benzene rings is 1. The molecule has 1 rings (SSSR count). The van der Waals surface area contributed by atoms with E-state index in [0.29, 0.717) is 6.54 Å². The Balaban J connectivity index is 3.01. The van der Waals surface area contributed by atoms with Crippen molar-refractivity contribution in [1.29, 1.82) is 0 Å². The van der Waals surface area contributed by atoms with Gasteiger partial charge in [0.1, 0.15) is 5.75 Å². The lowest BCUT2D eigenvalue weighted by Gasteiger charge is -2.24. The van der Waals surface area contributed by atoms with Gasteiger partial charge in [-0.1, -0.05) is 19.9 Å². The lowest BCUT2D eigenvalue weighted by molar-refractivity contribution is 0.465. The highest BCUT2D eigenvalue weighted by atomic mass is 79.9. The molecule has 1 aromatic carbocycles. The first-order valence-electron chi connectivity index (χ1n) is 4.66. The lowest BCUT2D eigenvalue weighted by Crippen LogP contribution is -2.21. The average molecular weight is 258 g/mol. The quantitative estimate of drug-likeness (QED) is 0.875. The number of rotatable bonds is 3. The van der Waals surface area contributed by atoms with Crippen molar-refractivity contribution in [3.63, 3.8) is 0 Å². The van der Waals surface area contributed by atoms with Gasteiger partial charge in [0, 0.05) is 0 Å². The molecule has 0 radical (unpaired) electrons. The molecule has 0 heterocycles. The second-order valence-corrected chi connectivity index (χ2v) is 4.94. The predicted octanol–water partition coefficient (Wildman–Crippen LogP) is 2.78. The van der Waals surface area contributed by atoms with E-state index in [1.807, 2.05) is 12.1 Å². The number of halogens is 1. The summed E-state index contributed by atoms with van der Waals surface area (Å²) in [5.41, 5.74) is 6.81. The SMILES string of the molecule is CC(C)(CCN)c1ccc(O)c(Br)c1. The molecule has 0 saturated carbocycles. The van der Waals surface area contributed by atoms with E-state index in [4.69, 9.17) is 5.73 Å². The molecule has 2 nitrogen and oxygen atoms in total. The number of phenols is 1. The molecule has 0 aliphatic heterocycles. The zero-order valence-corrected chi connectivity index (χ0v) is 10.1. The van der Waals surface area contributed by atoms with Gasteiger partial charge in [-0.15, -0.1) is 0 Å². The topological polar surface area (TPSA) is 46.2 Å². The van der Waals surface area contributed by atoms with Crippen LogP contribution >= 0.6 is 15.9 Å². The highest BCUT2D eigenvalue weighted by molar-refractivity contribution is 9.10. The molecule has 0 aromatic heterocycles. The normalized spacial score (nSPS) is 11.7. The third-order valence-corrected chi connectivity index (χ3v) is 3.13. The molecule has 3 heteroatoms. The van der Waals surface area contributed by atoms with Gasteiger partial charge in [0.25, 0.3) is 0 Å². The van der Waals surface area contributed by atoms with Gasteiger partial charge in [-0.3, -0.25) is 0 Å². The summed E-state index contributed by atoms with van der Waals surface area (Å²) in [4.78, 5) is 0. The summed E-state index contributed by atoms with van der Waals surface area (Å²) >= 11 is 3.31. The Bertz CT molecular complexity index is 323. The van der Waals surface area contributed by atoms with E-state index in [0.717, 1.165) is 10.9 Å². The second-order valence-electron chi connectivity index (χ2n) is 4.09. The molecule has 0 saturated heterocycles. The highest BCUT2D eigenvalue weighted by Crippen LogP contribution is 2.32. The molecule has 0 atom stereocenters. The van der Waals surface area contributed by atoms with Crippen LogP contribution in [0.2, 0.25) is 0 Å². The van der Waals surface area contributed by atoms with Crippen LogP contribution in [0.5, 0.6) is 5.75 Å². The summed E-state index contributed by atoms with van der Waals surface area (Å²) in [6.45, 7) is 4.98. The van der Waals surface area contributed by atoms with Crippen LogP contribution in [-0.4, -0.2) is 11.7 Å². The van der Waals surface area contributed by atoms with Crippen LogP contribution in [-0.2, 0) is 5.41 Å². The summed E-state index contributed by atoms with van der Waals surface area (Å²) in [6.07, 6.45) is 0.935. The Morgan fingerprint density at radius 1 is 1.43 bits per heavy atom. The van der Waals surface area contributed by atoms with Crippen LogP contribution in [0.4, 0.5) is 0 Å². The number of hydrogen-bond donors (Lipinski definition) is 2. The summed E-state index contributed by atoms with van der Waals surface area (Å²) < 4.78 is 0.736. The Morgan fingerprint density at radius 3 is 2.57 bits per heavy atom. The first kappa shape index (κ1) is 11.5. The van der Waals surface area contributed by atoms with Crippen LogP contribution in [0.3, 0.4) is 0 Å². The third kappa shape index (κ3) is 2.49. The van der Waals surface area contributed by atoms with Gasteiger partial charge in [-0.05, 0) is 52.0 Å². The van der Waals surface area contributed by atoms with E-state index in [1.54, 1.807) is 6.07 Å². The summed E-state index contributed by atoms with van der Waals surface area (Å²) in [5.74, 6) is 0.275. The van der Waals surface area contributed by atoms with Crippen LogP contribution < -0.4 is 5.73 Å². The van der Waals surface area contributed by atoms with E-state index in [9.17, 15) is 5.11 Å². The smallest absolute Gasteiger partial charge is 0.129 e. The third-order valence-electron chi connectivity index (χ3n) is 2.50. The van der Waals surface area contributed by atoms with E-state index in [-0.39, 0.29) is 11.2 Å². The minimum Gasteiger partial charge on any atom is -0.507 e. The molecule has 3 N–H and O–H groups in total. The molecule has 0 spiro atoms. The Kier molecular flexibility index (Phi) is 3.56. The molecule has 1 aromatic rings. The van der Waals surface area contributed by atoms with Crippen molar-refractivity contribution in [3.05, 3.63) is 28.2 Å². The van der Waals surface area contributed by atoms with Crippen molar-refractivity contribution in [1.82, 2.24) is 0 Å². The maximum absolute atomic E-state index is 9.37. The first-order valence-corrected chi connectivity index (χ1v) is 5.46. The fourth-order valence-electron chi connectivity index (χ4n) is 1.43. The number of aromatic hydroxyl groups is 1. The second kappa shape index (κ2) is 4.32. The first-order chi connectivity index (χ1) is 6.47. The van der Waals surface area contributed by atoms with Crippen molar-refractivity contribution < 1.29 is 5.11 Å². The van der Waals surface area contributed by atoms with Gasteiger partial charge in [0.2, 0.25) is 0 Å². The standard InChI is InChI=1S/C11H16BrNO/c1-11(2,5-6-13)8-3-4-10(14)9(12)7-8/h3-4,7,14H,5-6,13H2,1-2H3. The average Bonchev–Trinajstić information content (AvgIpc) is 2.09. The lowest BCUT2D eigenvalue weighted by atomic mass is 9.82. The zero-order valence-electron chi connectivity index (χ0n) is 8.55. The van der Waals surface area contributed by atoms with E-state index in [2.05, 4.69) is 29.8 Å². The van der Waals surface area contributed by atoms with Crippen LogP contribution in [0.25, 0.3) is 0 Å². The molecular weight excluding hydrogens is 242 g/mol. The minimum atomic E-state index is 0.0605. The number of phenolic OH excluding ortho intramolecular Hbond substituents is 1. The Morgan fingerprint density at radius 2 is 2.07 bits per heavy atom. The summed E-state index contributed by atoms with van der Waals surface area (Å²) in [6, 6.07) is 5.60. The van der Waals surface area contributed by atoms with E-state index >= 15 is 0 Å². The van der Waals surface area contributed by atoms with Gasteiger partial charge in [0.15, 0.2) is 0 Å². The zero-order chi connectivity index (χ0) is 10.8. The summed E-state index contributed by atoms with van der Waals surface area (Å²) in [7, 11) is 0. The minimum absolute atomic E-state index is 0.0605. The molecule has 0 unspecified atom stereocenters. The van der Waals surface area contributed by atoms with E-state index in [1.165, 1.54) is 5.56 Å². The monoisotopic (exact) mass is 257 g/mol. The van der Waals surface area contributed by atoms with Crippen molar-refractivity contribution in [2.24, 2.45) is 5.73 Å². The molecule has 0 aliphatic carbocycles. The van der Waals surface area contributed by atoms with Gasteiger partial charge >= 0.3 is 0 Å². The van der Waals surface area contributed by atoms with Crippen LogP contribution in [0, 0.1) is 0 Å². The van der Waals surface area contributed by atoms with E-state index < -0.39 is 0 Å². The molecular formula is C11H16BrNO. The Labute approximate surface area is 93.3 Å². The fraction of sp³-hybridized carbons (Fsp3) is 0.455. The summed E-state index contributed by atoms with van der Waals surface area (Å²) in [5, 5.41) is 9.37. The largest absolute Gasteiger partial charge is 0.507 e. The van der Waals surface area contributed by atoms with Crippen LogP contribution in [0.15, 0.2) is 22.7 Å². The van der Waals surface area contributed by atoms with Crippen LogP contribution in [0.1, 0.15) is 25.8 Å². The molecule has 0 bridgehead atoms. The number of hydrogen-bond acceptors (Lipinski definition) is 2. The van der Waals surface area contributed by atoms with Gasteiger partial charge in [0.05, 0.1) is 4.47 Å². The molecule has 0 amide bonds. The predicted molar refractivity (Wildman–Crippen MR) is 62.5 cm³/mol. The molecule has 78 valence electrons. The van der Waals surface area contributed by atoms with Crippen molar-refractivity contribution >= 4 is 15.9 Å². The van der Waals surface area contributed by atoms with Gasteiger partial charge < -0.3 is 10.8 Å². The van der Waals surface area contributed by atoms with Gasteiger partial charge in [-0.2, -0.15) is 0 Å². The molecule has 0 aliphatic rings. The van der Waals surface area contributed by atoms with Gasteiger partial charge in [-0.25, -0.2) is 0 Å². The fourth-order valence-corrected chi connectivity index (χ4v) is 1.81. The Hall–Kier alpha value is -0.540. The van der Waals surface area contributed by atoms with Crippen molar-refractivity contribution in [2.45, 2.75) is 25.7 Å². The number of nitrogens with two attached hydrogens (primary N) is 1.